The Morgan fingerprint density at radius 3 is 2.71 bits per heavy atom. The number of rotatable bonds is 6. The molecule has 28 heavy (non-hydrogen) atoms. The van der Waals surface area contributed by atoms with E-state index in [2.05, 4.69) is 30.8 Å². The average Bonchev–Trinajstić information content (AvgIpc) is 3.48. The van der Waals surface area contributed by atoms with Crippen molar-refractivity contribution in [1.82, 2.24) is 20.5 Å². The largest absolute Gasteiger partial charge is 0.356 e. The van der Waals surface area contributed by atoms with E-state index in [4.69, 9.17) is 4.98 Å². The molecular weight excluding hydrogens is 483 g/mol. The molecule has 0 aromatic carbocycles. The second-order valence-corrected chi connectivity index (χ2v) is 8.96. The van der Waals surface area contributed by atoms with E-state index in [9.17, 15) is 0 Å². The Morgan fingerprint density at radius 2 is 1.96 bits per heavy atom. The highest BCUT2D eigenvalue weighted by Gasteiger charge is 2.30. The molecular formula is C20H35IN6S. The van der Waals surface area contributed by atoms with E-state index in [0.717, 1.165) is 31.5 Å². The summed E-state index contributed by atoms with van der Waals surface area (Å²) in [7, 11) is 1.87. The van der Waals surface area contributed by atoms with Crippen LogP contribution >= 0.6 is 35.3 Å². The molecule has 1 unspecified atom stereocenters. The van der Waals surface area contributed by atoms with E-state index in [-0.39, 0.29) is 24.0 Å². The number of anilines is 1. The van der Waals surface area contributed by atoms with Gasteiger partial charge in [0.15, 0.2) is 11.1 Å². The van der Waals surface area contributed by atoms with Crippen LogP contribution in [0.15, 0.2) is 10.4 Å². The molecule has 2 aliphatic heterocycles. The van der Waals surface area contributed by atoms with E-state index in [1.165, 1.54) is 75.4 Å². The molecule has 6 nitrogen and oxygen atoms in total. The number of thiazole rings is 1. The van der Waals surface area contributed by atoms with Crippen molar-refractivity contribution in [2.24, 2.45) is 4.99 Å². The molecule has 1 aromatic heterocycles. The highest BCUT2D eigenvalue weighted by Crippen LogP contribution is 2.26. The number of aliphatic imine (C=N–C) groups is 1. The first kappa shape index (κ1) is 22.1. The third-order valence-electron chi connectivity index (χ3n) is 6.22. The van der Waals surface area contributed by atoms with Crippen molar-refractivity contribution < 1.29 is 0 Å². The van der Waals surface area contributed by atoms with Crippen LogP contribution in [0.3, 0.4) is 0 Å². The number of halogens is 1. The summed E-state index contributed by atoms with van der Waals surface area (Å²) >= 11 is 1.79. The molecule has 0 bridgehead atoms. The quantitative estimate of drug-likeness (QED) is 0.345. The summed E-state index contributed by atoms with van der Waals surface area (Å²) in [6.45, 7) is 5.61. The molecule has 3 heterocycles. The van der Waals surface area contributed by atoms with Gasteiger partial charge in [-0.1, -0.05) is 12.8 Å². The van der Waals surface area contributed by atoms with Crippen LogP contribution in [0, 0.1) is 0 Å². The molecule has 1 aromatic rings. The van der Waals surface area contributed by atoms with Crippen molar-refractivity contribution in [1.29, 1.82) is 0 Å². The predicted molar refractivity (Wildman–Crippen MR) is 129 cm³/mol. The Balaban J connectivity index is 0.00000225. The van der Waals surface area contributed by atoms with Gasteiger partial charge in [-0.25, -0.2) is 4.98 Å². The van der Waals surface area contributed by atoms with Gasteiger partial charge in [-0.05, 0) is 32.1 Å². The fraction of sp³-hybridized carbons (Fsp3) is 0.800. The summed E-state index contributed by atoms with van der Waals surface area (Å²) in [4.78, 5) is 14.3. The zero-order chi connectivity index (χ0) is 18.5. The zero-order valence-electron chi connectivity index (χ0n) is 17.0. The molecule has 4 rings (SSSR count). The first-order chi connectivity index (χ1) is 13.3. The van der Waals surface area contributed by atoms with Crippen molar-refractivity contribution in [3.05, 3.63) is 11.1 Å². The van der Waals surface area contributed by atoms with Crippen molar-refractivity contribution in [3.63, 3.8) is 0 Å². The number of nitrogens with one attached hydrogen (secondary N) is 2. The highest BCUT2D eigenvalue weighted by molar-refractivity contribution is 14.0. The summed E-state index contributed by atoms with van der Waals surface area (Å²) in [6.07, 6.45) is 10.4. The summed E-state index contributed by atoms with van der Waals surface area (Å²) in [6, 6.07) is 1.36. The van der Waals surface area contributed by atoms with Gasteiger partial charge in [-0.2, -0.15) is 0 Å². The number of nitrogens with zero attached hydrogens (tertiary/aromatic N) is 4. The normalized spacial score (nSPS) is 24.0. The van der Waals surface area contributed by atoms with Gasteiger partial charge in [-0.15, -0.1) is 35.3 Å². The molecule has 8 heteroatoms. The zero-order valence-corrected chi connectivity index (χ0v) is 20.2. The van der Waals surface area contributed by atoms with Crippen LogP contribution in [0.25, 0.3) is 0 Å². The molecule has 158 valence electrons. The third kappa shape index (κ3) is 5.72. The van der Waals surface area contributed by atoms with E-state index < -0.39 is 0 Å². The summed E-state index contributed by atoms with van der Waals surface area (Å²) in [5, 5.41) is 10.5. The summed E-state index contributed by atoms with van der Waals surface area (Å²) < 4.78 is 0. The maximum atomic E-state index is 4.81. The number of likely N-dealkylation sites (tertiary alicyclic amines) is 1. The van der Waals surface area contributed by atoms with Crippen LogP contribution < -0.4 is 15.5 Å². The first-order valence-electron chi connectivity index (χ1n) is 10.7. The van der Waals surface area contributed by atoms with Gasteiger partial charge in [-0.3, -0.25) is 9.89 Å². The minimum Gasteiger partial charge on any atom is -0.356 e. The molecule has 1 saturated carbocycles. The molecule has 1 aliphatic carbocycles. The second kappa shape index (κ2) is 11.0. The summed E-state index contributed by atoms with van der Waals surface area (Å²) in [5.41, 5.74) is 1.19. The van der Waals surface area contributed by atoms with Gasteiger partial charge in [0, 0.05) is 63.7 Å². The van der Waals surface area contributed by atoms with Crippen LogP contribution in [-0.2, 0) is 6.42 Å². The number of aromatic nitrogens is 1. The van der Waals surface area contributed by atoms with Crippen molar-refractivity contribution in [2.75, 3.05) is 44.7 Å². The molecule has 1 atom stereocenters. The monoisotopic (exact) mass is 518 g/mol. The minimum atomic E-state index is 0. The topological polar surface area (TPSA) is 55.8 Å². The molecule has 3 aliphatic rings. The van der Waals surface area contributed by atoms with E-state index in [0.29, 0.717) is 6.04 Å². The third-order valence-corrected chi connectivity index (χ3v) is 7.17. The minimum absolute atomic E-state index is 0. The van der Waals surface area contributed by atoms with Gasteiger partial charge in [0.2, 0.25) is 0 Å². The molecule has 2 N–H and O–H groups in total. The lowest BCUT2D eigenvalue weighted by molar-refractivity contribution is 0.242. The maximum absolute atomic E-state index is 4.81. The number of hydrogen-bond donors (Lipinski definition) is 2. The van der Waals surface area contributed by atoms with Gasteiger partial charge < -0.3 is 15.5 Å². The van der Waals surface area contributed by atoms with Crippen LogP contribution in [0.2, 0.25) is 0 Å². The van der Waals surface area contributed by atoms with Gasteiger partial charge in [0.1, 0.15) is 0 Å². The maximum Gasteiger partial charge on any atom is 0.191 e. The van der Waals surface area contributed by atoms with Crippen molar-refractivity contribution in [2.45, 2.75) is 63.5 Å². The molecule has 3 fully saturated rings. The highest BCUT2D eigenvalue weighted by atomic mass is 127. The average molecular weight is 519 g/mol. The fourth-order valence-electron chi connectivity index (χ4n) is 4.67. The van der Waals surface area contributed by atoms with Crippen molar-refractivity contribution in [3.8, 4) is 0 Å². The second-order valence-electron chi connectivity index (χ2n) is 8.13. The standard InChI is InChI=1S/C20H34N6S.HI/c1-21-19(23-16-9-13-26(14-16)18-6-2-3-7-18)22-10-8-17-15-27-20(24-17)25-11-4-5-12-25;/h15-16,18H,2-14H2,1H3,(H2,21,22,23);1H. The Bertz CT molecular complexity index is 624. The summed E-state index contributed by atoms with van der Waals surface area (Å²) in [5.74, 6) is 0.934. The van der Waals surface area contributed by atoms with Crippen LogP contribution in [0.1, 0.15) is 50.6 Å². The molecule has 0 radical (unpaired) electrons. The van der Waals surface area contributed by atoms with Gasteiger partial charge >= 0.3 is 0 Å². The van der Waals surface area contributed by atoms with Crippen LogP contribution in [0.5, 0.6) is 0 Å². The SMILES string of the molecule is CN=C(NCCc1csc(N2CCCC2)n1)NC1CCN(C2CCCC2)C1.I. The Labute approximate surface area is 190 Å². The predicted octanol–water partition coefficient (Wildman–Crippen LogP) is 3.09. The van der Waals surface area contributed by atoms with E-state index in [1.54, 1.807) is 11.3 Å². The Morgan fingerprint density at radius 1 is 1.18 bits per heavy atom. The number of hydrogen-bond acceptors (Lipinski definition) is 5. The lowest BCUT2D eigenvalue weighted by Gasteiger charge is -2.24. The van der Waals surface area contributed by atoms with Crippen molar-refractivity contribution >= 4 is 46.4 Å². The van der Waals surface area contributed by atoms with E-state index >= 15 is 0 Å². The first-order valence-corrected chi connectivity index (χ1v) is 11.6. The Hall–Kier alpha value is -0.610. The Kier molecular flexibility index (Phi) is 8.65. The van der Waals surface area contributed by atoms with Gasteiger partial charge in [0.25, 0.3) is 0 Å². The smallest absolute Gasteiger partial charge is 0.191 e. The van der Waals surface area contributed by atoms with Crippen LogP contribution in [-0.4, -0.2) is 67.7 Å². The van der Waals surface area contributed by atoms with E-state index in [1.807, 2.05) is 7.05 Å². The lowest BCUT2D eigenvalue weighted by atomic mass is 10.2. The molecule has 0 spiro atoms. The lowest BCUT2D eigenvalue weighted by Crippen LogP contribution is -2.45. The number of guanidine groups is 1. The van der Waals surface area contributed by atoms with Crippen LogP contribution in [0.4, 0.5) is 5.13 Å². The van der Waals surface area contributed by atoms with Gasteiger partial charge in [0.05, 0.1) is 5.69 Å². The molecule has 0 amide bonds. The fourth-order valence-corrected chi connectivity index (χ4v) is 5.58. The molecule has 2 saturated heterocycles.